The molecule has 0 saturated heterocycles. The maximum absolute atomic E-state index is 13.1. The summed E-state index contributed by atoms with van der Waals surface area (Å²) in [5, 5.41) is 0. The number of methoxy groups -OCH3 is 1. The number of anilines is 1. The van der Waals surface area contributed by atoms with Crippen molar-refractivity contribution < 1.29 is 14.3 Å². The fourth-order valence-electron chi connectivity index (χ4n) is 5.00. The van der Waals surface area contributed by atoms with Gasteiger partial charge in [-0.25, -0.2) is 0 Å². The summed E-state index contributed by atoms with van der Waals surface area (Å²) in [6.07, 6.45) is 6.48. The Labute approximate surface area is 206 Å². The van der Waals surface area contributed by atoms with Crippen molar-refractivity contribution in [2.45, 2.75) is 77.8 Å². The summed E-state index contributed by atoms with van der Waals surface area (Å²) < 4.78 is 11.6. The number of carbonyl (C=O) groups is 1. The van der Waals surface area contributed by atoms with Crippen LogP contribution in [0.3, 0.4) is 0 Å². The lowest BCUT2D eigenvalue weighted by Crippen LogP contribution is -2.39. The van der Waals surface area contributed by atoms with Gasteiger partial charge < -0.3 is 14.4 Å². The van der Waals surface area contributed by atoms with Gasteiger partial charge in [-0.3, -0.25) is 9.69 Å². The van der Waals surface area contributed by atoms with Crippen molar-refractivity contribution in [1.29, 1.82) is 0 Å². The van der Waals surface area contributed by atoms with Gasteiger partial charge >= 0.3 is 0 Å². The van der Waals surface area contributed by atoms with E-state index in [4.69, 9.17) is 9.47 Å². The molecule has 0 aromatic heterocycles. The maximum atomic E-state index is 13.1. The molecule has 0 aliphatic heterocycles. The molecular weight excluding hydrogens is 424 g/mol. The van der Waals surface area contributed by atoms with E-state index in [1.165, 1.54) is 37.7 Å². The van der Waals surface area contributed by atoms with E-state index >= 15 is 0 Å². The summed E-state index contributed by atoms with van der Waals surface area (Å²) in [7, 11) is 3.43. The van der Waals surface area contributed by atoms with Crippen LogP contribution in [-0.4, -0.2) is 50.2 Å². The monoisotopic (exact) mass is 466 g/mol. The standard InChI is InChI=1S/C29H42N2O3/c1-21(2)31(22(3)4)18-19-34-27-17-16-26(20-28(27)33-6)30(5)29(32)25-14-12-24(13-15-25)23-10-8-7-9-11-23/h12-17,20-23H,7-11,18-19H2,1-6H3. The molecule has 0 N–H and O–H groups in total. The van der Waals surface area contributed by atoms with Gasteiger partial charge in [0.2, 0.25) is 0 Å². The average Bonchev–Trinajstić information content (AvgIpc) is 2.86. The van der Waals surface area contributed by atoms with Crippen LogP contribution in [0.2, 0.25) is 0 Å². The number of amides is 1. The first-order valence-corrected chi connectivity index (χ1v) is 12.8. The molecule has 5 nitrogen and oxygen atoms in total. The Hall–Kier alpha value is -2.53. The Balaban J connectivity index is 1.65. The number of benzene rings is 2. The number of hydrogen-bond donors (Lipinski definition) is 0. The van der Waals surface area contributed by atoms with E-state index in [2.05, 4.69) is 44.7 Å². The van der Waals surface area contributed by atoms with Crippen molar-refractivity contribution >= 4 is 11.6 Å². The number of nitrogens with zero attached hydrogens (tertiary/aromatic N) is 2. The predicted molar refractivity (Wildman–Crippen MR) is 140 cm³/mol. The van der Waals surface area contributed by atoms with Crippen LogP contribution in [0, 0.1) is 0 Å². The lowest BCUT2D eigenvalue weighted by molar-refractivity contribution is 0.0993. The molecule has 0 atom stereocenters. The average molecular weight is 467 g/mol. The van der Waals surface area contributed by atoms with Crippen molar-refractivity contribution in [2.75, 3.05) is 32.2 Å². The molecule has 1 aliphatic rings. The highest BCUT2D eigenvalue weighted by molar-refractivity contribution is 6.05. The van der Waals surface area contributed by atoms with Gasteiger partial charge in [-0.1, -0.05) is 31.4 Å². The molecule has 2 aromatic rings. The van der Waals surface area contributed by atoms with Crippen LogP contribution in [0.15, 0.2) is 42.5 Å². The van der Waals surface area contributed by atoms with Crippen LogP contribution in [0.1, 0.15) is 81.6 Å². The van der Waals surface area contributed by atoms with E-state index in [1.807, 2.05) is 30.3 Å². The van der Waals surface area contributed by atoms with Gasteiger partial charge in [0.1, 0.15) is 6.61 Å². The van der Waals surface area contributed by atoms with Gasteiger partial charge in [0.15, 0.2) is 11.5 Å². The molecule has 1 saturated carbocycles. The molecule has 3 rings (SSSR count). The summed E-state index contributed by atoms with van der Waals surface area (Å²) in [4.78, 5) is 17.2. The lowest BCUT2D eigenvalue weighted by Gasteiger charge is -2.30. The van der Waals surface area contributed by atoms with Gasteiger partial charge in [-0.05, 0) is 76.3 Å². The normalized spacial score (nSPS) is 14.6. The molecule has 1 amide bonds. The summed E-state index contributed by atoms with van der Waals surface area (Å²) in [6, 6.07) is 14.8. The minimum Gasteiger partial charge on any atom is -0.493 e. The summed E-state index contributed by atoms with van der Waals surface area (Å²) in [5.41, 5.74) is 2.83. The molecule has 0 unspecified atom stereocenters. The number of rotatable bonds is 10. The van der Waals surface area contributed by atoms with E-state index in [0.717, 1.165) is 12.2 Å². The van der Waals surface area contributed by atoms with Gasteiger partial charge in [0.05, 0.1) is 7.11 Å². The molecule has 2 aromatic carbocycles. The van der Waals surface area contributed by atoms with Crippen molar-refractivity contribution in [1.82, 2.24) is 4.90 Å². The number of carbonyl (C=O) groups excluding carboxylic acids is 1. The molecule has 0 radical (unpaired) electrons. The molecule has 1 fully saturated rings. The fraction of sp³-hybridized carbons (Fsp3) is 0.552. The highest BCUT2D eigenvalue weighted by Crippen LogP contribution is 2.34. The molecule has 0 heterocycles. The molecule has 34 heavy (non-hydrogen) atoms. The van der Waals surface area contributed by atoms with Gasteiger partial charge in [-0.15, -0.1) is 0 Å². The molecule has 5 heteroatoms. The molecule has 186 valence electrons. The van der Waals surface area contributed by atoms with Gasteiger partial charge in [0.25, 0.3) is 5.91 Å². The number of hydrogen-bond acceptors (Lipinski definition) is 4. The summed E-state index contributed by atoms with van der Waals surface area (Å²) in [6.45, 7) is 10.2. The Bertz CT molecular complexity index is 909. The van der Waals surface area contributed by atoms with E-state index < -0.39 is 0 Å². The molecule has 1 aliphatic carbocycles. The summed E-state index contributed by atoms with van der Waals surface area (Å²) in [5.74, 6) is 1.93. The van der Waals surface area contributed by atoms with Gasteiger partial charge in [0, 0.05) is 43.0 Å². The zero-order chi connectivity index (χ0) is 24.7. The van der Waals surface area contributed by atoms with Crippen LogP contribution in [0.25, 0.3) is 0 Å². The topological polar surface area (TPSA) is 42.0 Å². The SMILES string of the molecule is COc1cc(N(C)C(=O)c2ccc(C3CCCCC3)cc2)ccc1OCCN(C(C)C)C(C)C. The van der Waals surface area contributed by atoms with E-state index in [9.17, 15) is 4.79 Å². The van der Waals surface area contributed by atoms with Crippen LogP contribution in [0.4, 0.5) is 5.69 Å². The summed E-state index contributed by atoms with van der Waals surface area (Å²) >= 11 is 0. The van der Waals surface area contributed by atoms with E-state index in [1.54, 1.807) is 19.1 Å². The second-order valence-electron chi connectivity index (χ2n) is 9.93. The Kier molecular flexibility index (Phi) is 9.40. The van der Waals surface area contributed by atoms with Crippen LogP contribution < -0.4 is 14.4 Å². The molecule has 0 bridgehead atoms. The van der Waals surface area contributed by atoms with E-state index in [0.29, 0.717) is 41.7 Å². The highest BCUT2D eigenvalue weighted by Gasteiger charge is 2.19. The number of ether oxygens (including phenoxy) is 2. The smallest absolute Gasteiger partial charge is 0.258 e. The van der Waals surface area contributed by atoms with E-state index in [-0.39, 0.29) is 5.91 Å². The maximum Gasteiger partial charge on any atom is 0.258 e. The molecular formula is C29H42N2O3. The quantitative estimate of drug-likeness (QED) is 0.400. The third kappa shape index (κ3) is 6.53. The van der Waals surface area contributed by atoms with Gasteiger partial charge in [-0.2, -0.15) is 0 Å². The Morgan fingerprint density at radius 3 is 2.18 bits per heavy atom. The third-order valence-electron chi connectivity index (χ3n) is 7.01. The van der Waals surface area contributed by atoms with Crippen molar-refractivity contribution in [2.24, 2.45) is 0 Å². The first-order chi connectivity index (χ1) is 16.3. The fourth-order valence-corrected chi connectivity index (χ4v) is 5.00. The minimum absolute atomic E-state index is 0.0320. The first kappa shape index (κ1) is 26.1. The van der Waals surface area contributed by atoms with Crippen LogP contribution in [-0.2, 0) is 0 Å². The lowest BCUT2D eigenvalue weighted by atomic mass is 9.84. The van der Waals surface area contributed by atoms with Crippen LogP contribution >= 0.6 is 0 Å². The Morgan fingerprint density at radius 1 is 0.941 bits per heavy atom. The minimum atomic E-state index is -0.0320. The Morgan fingerprint density at radius 2 is 1.59 bits per heavy atom. The van der Waals surface area contributed by atoms with Crippen LogP contribution in [0.5, 0.6) is 11.5 Å². The van der Waals surface area contributed by atoms with Crippen molar-refractivity contribution in [3.63, 3.8) is 0 Å². The van der Waals surface area contributed by atoms with Crippen molar-refractivity contribution in [3.8, 4) is 11.5 Å². The second-order valence-corrected chi connectivity index (χ2v) is 9.93. The zero-order valence-corrected chi connectivity index (χ0v) is 21.8. The second kappa shape index (κ2) is 12.3. The highest BCUT2D eigenvalue weighted by atomic mass is 16.5. The first-order valence-electron chi connectivity index (χ1n) is 12.8. The zero-order valence-electron chi connectivity index (χ0n) is 21.8. The predicted octanol–water partition coefficient (Wildman–Crippen LogP) is 6.52. The largest absolute Gasteiger partial charge is 0.493 e. The molecule has 0 spiro atoms. The third-order valence-corrected chi connectivity index (χ3v) is 7.01. The van der Waals surface area contributed by atoms with Crippen molar-refractivity contribution in [3.05, 3.63) is 53.6 Å².